The van der Waals surface area contributed by atoms with Crippen LogP contribution >= 0.6 is 0 Å². The number of cyclic esters (lactones) is 1. The molecule has 10 atom stereocenters. The highest BCUT2D eigenvalue weighted by atomic mass is 16.6. The second kappa shape index (κ2) is 8.56. The molecule has 0 aromatic heterocycles. The van der Waals surface area contributed by atoms with Crippen molar-refractivity contribution in [2.75, 3.05) is 6.61 Å². The minimum absolute atomic E-state index is 0.0116. The van der Waals surface area contributed by atoms with E-state index >= 15 is 0 Å². The summed E-state index contributed by atoms with van der Waals surface area (Å²) >= 11 is 0. The SMILES string of the molecule is CC(=O)O[C@@H]1C[C@H](O)[C@@]2(C)[C@@H](C[C@@H](OC(C)=O)[C@@]3(C)C4=CC[C@@H]([C@@H]5CCOC5=O)[C@]4(C)CC[C@@H]32)C1(C)C. The fourth-order valence-electron chi connectivity index (χ4n) is 10.1. The van der Waals surface area contributed by atoms with Crippen molar-refractivity contribution >= 4 is 17.9 Å². The minimum atomic E-state index is -0.649. The highest BCUT2D eigenvalue weighted by molar-refractivity contribution is 5.75. The van der Waals surface area contributed by atoms with Gasteiger partial charge < -0.3 is 19.3 Å². The lowest BCUT2D eigenvalue weighted by atomic mass is 9.36. The molecule has 0 spiro atoms. The van der Waals surface area contributed by atoms with Crippen LogP contribution in [0.5, 0.6) is 0 Å². The topological polar surface area (TPSA) is 99.1 Å². The van der Waals surface area contributed by atoms with Crippen LogP contribution in [0.1, 0.15) is 87.0 Å². The Morgan fingerprint density at radius 1 is 0.973 bits per heavy atom. The molecule has 5 rings (SSSR count). The van der Waals surface area contributed by atoms with Crippen molar-refractivity contribution in [3.63, 3.8) is 0 Å². The Kier molecular flexibility index (Phi) is 6.18. The number of aliphatic hydroxyl groups excluding tert-OH is 1. The molecule has 3 saturated carbocycles. The Labute approximate surface area is 220 Å². The van der Waals surface area contributed by atoms with Gasteiger partial charge in [0.25, 0.3) is 0 Å². The van der Waals surface area contributed by atoms with E-state index in [0.29, 0.717) is 19.4 Å². The third-order valence-corrected chi connectivity index (χ3v) is 11.8. The largest absolute Gasteiger partial charge is 0.465 e. The van der Waals surface area contributed by atoms with E-state index in [2.05, 4.69) is 40.7 Å². The van der Waals surface area contributed by atoms with E-state index in [9.17, 15) is 19.5 Å². The van der Waals surface area contributed by atoms with Crippen molar-refractivity contribution < 1.29 is 33.7 Å². The standard InChI is InChI=1S/C30H44O7/c1-16(31)36-24-15-23(33)29(6)21-10-12-28(5)19(18-11-13-35-26(18)34)8-9-20(28)30(21,7)25(37-17(2)32)14-22(29)27(24,3)4/h9,18-19,21-25,33H,8,10-15H2,1-7H3/t18-,19-,21+,22-,23-,24+,25+,28-,29+,30-/m0/s1. The fourth-order valence-corrected chi connectivity index (χ4v) is 10.1. The molecule has 1 aliphatic heterocycles. The van der Waals surface area contributed by atoms with Gasteiger partial charge in [0.15, 0.2) is 0 Å². The number of allylic oxidation sites excluding steroid dienone is 1. The molecule has 7 nitrogen and oxygen atoms in total. The van der Waals surface area contributed by atoms with Crippen LogP contribution in [0.25, 0.3) is 0 Å². The Morgan fingerprint density at radius 3 is 2.22 bits per heavy atom. The van der Waals surface area contributed by atoms with E-state index in [0.717, 1.165) is 25.7 Å². The molecule has 0 aromatic rings. The molecule has 0 amide bonds. The average Bonchev–Trinajstić information content (AvgIpc) is 3.36. The van der Waals surface area contributed by atoms with Gasteiger partial charge in [-0.25, -0.2) is 0 Å². The normalized spacial score (nSPS) is 48.2. The average molecular weight is 517 g/mol. The third-order valence-electron chi connectivity index (χ3n) is 11.8. The van der Waals surface area contributed by atoms with Crippen LogP contribution in [0.3, 0.4) is 0 Å². The summed E-state index contributed by atoms with van der Waals surface area (Å²) in [4.78, 5) is 37.0. The Bertz CT molecular complexity index is 1030. The summed E-state index contributed by atoms with van der Waals surface area (Å²) in [6, 6.07) is 0. The van der Waals surface area contributed by atoms with Crippen LogP contribution in [0, 0.1) is 45.3 Å². The van der Waals surface area contributed by atoms with Gasteiger partial charge in [-0.1, -0.05) is 46.3 Å². The number of hydrogen-bond donors (Lipinski definition) is 1. The summed E-state index contributed by atoms with van der Waals surface area (Å²) in [6.07, 6.45) is 5.28. The number of carbonyl (C=O) groups excluding carboxylic acids is 3. The van der Waals surface area contributed by atoms with E-state index < -0.39 is 28.5 Å². The van der Waals surface area contributed by atoms with Crippen molar-refractivity contribution in [1.29, 1.82) is 0 Å². The molecule has 37 heavy (non-hydrogen) atoms. The lowest BCUT2D eigenvalue weighted by molar-refractivity contribution is -0.258. The lowest BCUT2D eigenvalue weighted by Crippen LogP contribution is -2.70. The maximum absolute atomic E-state index is 12.6. The van der Waals surface area contributed by atoms with Gasteiger partial charge in [0.1, 0.15) is 12.2 Å². The van der Waals surface area contributed by atoms with Gasteiger partial charge in [0, 0.05) is 36.5 Å². The maximum Gasteiger partial charge on any atom is 0.309 e. The highest BCUT2D eigenvalue weighted by Gasteiger charge is 2.72. The van der Waals surface area contributed by atoms with Crippen LogP contribution in [0.15, 0.2) is 11.6 Å². The van der Waals surface area contributed by atoms with Gasteiger partial charge in [0.2, 0.25) is 0 Å². The van der Waals surface area contributed by atoms with E-state index in [1.54, 1.807) is 0 Å². The van der Waals surface area contributed by atoms with Gasteiger partial charge in [0.05, 0.1) is 18.6 Å². The number of esters is 3. The Balaban J connectivity index is 1.59. The number of fused-ring (bicyclic) bond motifs is 5. The van der Waals surface area contributed by atoms with Crippen LogP contribution in [0.2, 0.25) is 0 Å². The predicted molar refractivity (Wildman–Crippen MR) is 136 cm³/mol. The second-order valence-corrected chi connectivity index (χ2v) is 13.7. The van der Waals surface area contributed by atoms with Crippen LogP contribution < -0.4 is 0 Å². The molecule has 7 heteroatoms. The zero-order chi connectivity index (χ0) is 27.1. The molecule has 4 fully saturated rings. The smallest absolute Gasteiger partial charge is 0.309 e. The highest BCUT2D eigenvalue weighted by Crippen LogP contribution is 2.73. The van der Waals surface area contributed by atoms with E-state index in [1.807, 2.05) is 0 Å². The zero-order valence-electron chi connectivity index (χ0n) is 23.5. The van der Waals surface area contributed by atoms with Gasteiger partial charge in [-0.15, -0.1) is 0 Å². The molecule has 0 radical (unpaired) electrons. The molecular formula is C30H44O7. The quantitative estimate of drug-likeness (QED) is 0.332. The first-order valence-electron chi connectivity index (χ1n) is 14.1. The van der Waals surface area contributed by atoms with E-state index in [1.165, 1.54) is 19.4 Å². The Hall–Kier alpha value is -1.89. The monoisotopic (exact) mass is 516 g/mol. The molecule has 1 N–H and O–H groups in total. The van der Waals surface area contributed by atoms with Crippen molar-refractivity contribution in [2.45, 2.75) is 105 Å². The van der Waals surface area contributed by atoms with Gasteiger partial charge >= 0.3 is 17.9 Å². The molecule has 206 valence electrons. The zero-order valence-corrected chi connectivity index (χ0v) is 23.5. The summed E-state index contributed by atoms with van der Waals surface area (Å²) in [5.74, 6) is -0.581. The molecular weight excluding hydrogens is 472 g/mol. The van der Waals surface area contributed by atoms with Crippen molar-refractivity contribution in [3.05, 3.63) is 11.6 Å². The number of carbonyl (C=O) groups is 3. The summed E-state index contributed by atoms with van der Waals surface area (Å²) in [6.45, 7) is 14.4. The van der Waals surface area contributed by atoms with Crippen molar-refractivity contribution in [3.8, 4) is 0 Å². The summed E-state index contributed by atoms with van der Waals surface area (Å²) in [5.41, 5.74) is -0.208. The van der Waals surface area contributed by atoms with E-state index in [-0.39, 0.29) is 53.1 Å². The van der Waals surface area contributed by atoms with Gasteiger partial charge in [-0.3, -0.25) is 14.4 Å². The lowest BCUT2D eigenvalue weighted by Gasteiger charge is -2.69. The molecule has 0 bridgehead atoms. The second-order valence-electron chi connectivity index (χ2n) is 13.7. The van der Waals surface area contributed by atoms with Crippen LogP contribution in [-0.2, 0) is 28.6 Å². The van der Waals surface area contributed by atoms with Crippen LogP contribution in [0.4, 0.5) is 0 Å². The molecule has 1 heterocycles. The third kappa shape index (κ3) is 3.58. The number of ether oxygens (including phenoxy) is 3. The summed E-state index contributed by atoms with van der Waals surface area (Å²) < 4.78 is 17.3. The maximum atomic E-state index is 12.6. The fraction of sp³-hybridized carbons (Fsp3) is 0.833. The Morgan fingerprint density at radius 2 is 1.62 bits per heavy atom. The first kappa shape index (κ1) is 26.7. The van der Waals surface area contributed by atoms with Gasteiger partial charge in [-0.2, -0.15) is 0 Å². The predicted octanol–water partition coefficient (Wildman–Crippen LogP) is 4.60. The molecule has 0 aromatic carbocycles. The molecule has 4 aliphatic carbocycles. The minimum Gasteiger partial charge on any atom is -0.465 e. The first-order valence-corrected chi connectivity index (χ1v) is 14.1. The number of hydrogen-bond acceptors (Lipinski definition) is 7. The number of rotatable bonds is 3. The van der Waals surface area contributed by atoms with Crippen LogP contribution in [-0.4, -0.2) is 47.9 Å². The summed E-state index contributed by atoms with van der Waals surface area (Å²) in [7, 11) is 0. The van der Waals surface area contributed by atoms with E-state index in [4.69, 9.17) is 14.2 Å². The van der Waals surface area contributed by atoms with Gasteiger partial charge in [-0.05, 0) is 55.3 Å². The molecule has 0 unspecified atom stereocenters. The molecule has 5 aliphatic rings. The molecule has 1 saturated heterocycles. The van der Waals surface area contributed by atoms with Crippen molar-refractivity contribution in [2.24, 2.45) is 45.3 Å². The first-order chi connectivity index (χ1) is 17.2. The van der Waals surface area contributed by atoms with Crippen molar-refractivity contribution in [1.82, 2.24) is 0 Å². The summed E-state index contributed by atoms with van der Waals surface area (Å²) in [5, 5.41) is 11.8. The number of aliphatic hydroxyl groups is 1.